The van der Waals surface area contributed by atoms with Crippen LogP contribution >= 0.6 is 0 Å². The Hall–Kier alpha value is -1.96. The number of ether oxygens (including phenoxy) is 1. The van der Waals surface area contributed by atoms with Gasteiger partial charge < -0.3 is 20.1 Å². The van der Waals surface area contributed by atoms with Crippen molar-refractivity contribution in [1.82, 2.24) is 10.2 Å². The van der Waals surface area contributed by atoms with Crippen molar-refractivity contribution >= 4 is 6.03 Å². The molecule has 8 heteroatoms. The lowest BCUT2D eigenvalue weighted by atomic mass is 10.1. The van der Waals surface area contributed by atoms with Crippen molar-refractivity contribution in [1.29, 1.82) is 0 Å². The molecule has 1 aliphatic rings. The van der Waals surface area contributed by atoms with E-state index in [-0.39, 0.29) is 18.7 Å². The lowest BCUT2D eigenvalue weighted by Crippen LogP contribution is -2.59. The molecule has 1 aromatic carbocycles. The maximum Gasteiger partial charge on any atom is 0.416 e. The average molecular weight is 332 g/mol. The summed E-state index contributed by atoms with van der Waals surface area (Å²) in [5.74, 6) is 0.333. The van der Waals surface area contributed by atoms with Gasteiger partial charge >= 0.3 is 12.2 Å². The van der Waals surface area contributed by atoms with Crippen LogP contribution in [-0.4, -0.2) is 47.4 Å². The zero-order valence-electron chi connectivity index (χ0n) is 12.9. The van der Waals surface area contributed by atoms with Crippen LogP contribution in [0.1, 0.15) is 19.4 Å². The van der Waals surface area contributed by atoms with Crippen LogP contribution in [0.25, 0.3) is 0 Å². The molecule has 2 N–H and O–H groups in total. The van der Waals surface area contributed by atoms with E-state index in [1.54, 1.807) is 13.8 Å². The molecule has 5 nitrogen and oxygen atoms in total. The third kappa shape index (κ3) is 5.02. The van der Waals surface area contributed by atoms with E-state index in [1.165, 1.54) is 17.0 Å². The average Bonchev–Trinajstić information content (AvgIpc) is 2.38. The third-order valence-corrected chi connectivity index (χ3v) is 3.29. The second-order valence-corrected chi connectivity index (χ2v) is 6.14. The van der Waals surface area contributed by atoms with Crippen LogP contribution in [0.15, 0.2) is 24.3 Å². The van der Waals surface area contributed by atoms with Crippen LogP contribution in [0.3, 0.4) is 0 Å². The van der Waals surface area contributed by atoms with Crippen LogP contribution in [-0.2, 0) is 6.18 Å². The molecule has 2 amide bonds. The Morgan fingerprint density at radius 1 is 1.30 bits per heavy atom. The predicted molar refractivity (Wildman–Crippen MR) is 77.1 cm³/mol. The highest BCUT2D eigenvalue weighted by Crippen LogP contribution is 2.30. The first-order valence-corrected chi connectivity index (χ1v) is 7.14. The lowest BCUT2D eigenvalue weighted by Gasteiger charge is -2.39. The summed E-state index contributed by atoms with van der Waals surface area (Å²) in [4.78, 5) is 13.2. The van der Waals surface area contributed by atoms with Crippen molar-refractivity contribution in [2.24, 2.45) is 0 Å². The third-order valence-electron chi connectivity index (χ3n) is 3.29. The molecule has 0 unspecified atom stereocenters. The Morgan fingerprint density at radius 3 is 2.35 bits per heavy atom. The Morgan fingerprint density at radius 2 is 1.87 bits per heavy atom. The number of nitrogens with one attached hydrogen (secondary N) is 1. The van der Waals surface area contributed by atoms with E-state index in [0.29, 0.717) is 18.8 Å². The second-order valence-electron chi connectivity index (χ2n) is 6.14. The first-order valence-electron chi connectivity index (χ1n) is 7.14. The summed E-state index contributed by atoms with van der Waals surface area (Å²) in [7, 11) is 0. The van der Waals surface area contributed by atoms with E-state index in [1.807, 2.05) is 0 Å². The van der Waals surface area contributed by atoms with Crippen LogP contribution < -0.4 is 10.1 Å². The SMILES string of the molecule is CC(C)(O)CNC(=O)N1CC(Oc2ccc(C(F)(F)F)cc2)C1. The number of hydrogen-bond donors (Lipinski definition) is 2. The number of nitrogens with zero attached hydrogens (tertiary/aromatic N) is 1. The lowest BCUT2D eigenvalue weighted by molar-refractivity contribution is -0.137. The molecule has 1 saturated heterocycles. The number of amides is 2. The molecule has 0 aromatic heterocycles. The first kappa shape index (κ1) is 17.4. The molecule has 0 spiro atoms. The number of alkyl halides is 3. The number of urea groups is 1. The largest absolute Gasteiger partial charge is 0.487 e. The number of halogens is 3. The van der Waals surface area contributed by atoms with Gasteiger partial charge in [-0.2, -0.15) is 13.2 Å². The number of carbonyl (C=O) groups excluding carboxylic acids is 1. The van der Waals surface area contributed by atoms with Gasteiger partial charge in [0.1, 0.15) is 11.9 Å². The molecule has 0 atom stereocenters. The molecule has 0 aliphatic carbocycles. The second kappa shape index (κ2) is 6.27. The zero-order valence-corrected chi connectivity index (χ0v) is 12.9. The van der Waals surface area contributed by atoms with Gasteiger partial charge in [0.2, 0.25) is 0 Å². The maximum atomic E-state index is 12.4. The fourth-order valence-electron chi connectivity index (χ4n) is 2.00. The monoisotopic (exact) mass is 332 g/mol. The molecule has 1 fully saturated rings. The van der Waals surface area contributed by atoms with Crippen LogP contribution in [0.5, 0.6) is 5.75 Å². The minimum atomic E-state index is -4.37. The standard InChI is InChI=1S/C15H19F3N2O3/c1-14(2,22)9-19-13(21)20-7-12(8-20)23-11-5-3-10(4-6-11)15(16,17)18/h3-6,12,22H,7-9H2,1-2H3,(H,19,21). The molecule has 1 aromatic rings. The van der Waals surface area contributed by atoms with Gasteiger partial charge in [-0.3, -0.25) is 0 Å². The fourth-order valence-corrected chi connectivity index (χ4v) is 2.00. The Bertz CT molecular complexity index is 547. The van der Waals surface area contributed by atoms with E-state index >= 15 is 0 Å². The normalized spacial score (nSPS) is 16.0. The number of benzene rings is 1. The molecular formula is C15H19F3N2O3. The summed E-state index contributed by atoms with van der Waals surface area (Å²) in [5, 5.41) is 12.1. The highest BCUT2D eigenvalue weighted by Gasteiger charge is 2.33. The van der Waals surface area contributed by atoms with Crippen molar-refractivity contribution in [2.75, 3.05) is 19.6 Å². The van der Waals surface area contributed by atoms with Crippen molar-refractivity contribution in [2.45, 2.75) is 31.7 Å². The summed E-state index contributed by atoms with van der Waals surface area (Å²) >= 11 is 0. The maximum absolute atomic E-state index is 12.4. The van der Waals surface area contributed by atoms with Crippen LogP contribution in [0.4, 0.5) is 18.0 Å². The number of likely N-dealkylation sites (tertiary alicyclic amines) is 1. The molecule has 0 saturated carbocycles. The molecule has 23 heavy (non-hydrogen) atoms. The van der Waals surface area contributed by atoms with E-state index in [4.69, 9.17) is 4.74 Å². The Balaban J connectivity index is 1.77. The quantitative estimate of drug-likeness (QED) is 0.889. The van der Waals surface area contributed by atoms with E-state index in [0.717, 1.165) is 12.1 Å². The molecule has 2 rings (SSSR count). The fraction of sp³-hybridized carbons (Fsp3) is 0.533. The van der Waals surface area contributed by atoms with Crippen LogP contribution in [0.2, 0.25) is 0 Å². The van der Waals surface area contributed by atoms with Gasteiger partial charge in [0, 0.05) is 6.54 Å². The van der Waals surface area contributed by atoms with Crippen molar-refractivity contribution in [3.05, 3.63) is 29.8 Å². The van der Waals surface area contributed by atoms with Crippen LogP contribution in [0, 0.1) is 0 Å². The minimum Gasteiger partial charge on any atom is -0.487 e. The Kier molecular flexibility index (Phi) is 4.74. The summed E-state index contributed by atoms with van der Waals surface area (Å²) < 4.78 is 42.8. The first-order chi connectivity index (χ1) is 10.5. The van der Waals surface area contributed by atoms with Crippen molar-refractivity contribution in [3.63, 3.8) is 0 Å². The van der Waals surface area contributed by atoms with Gasteiger partial charge in [0.25, 0.3) is 0 Å². The van der Waals surface area contributed by atoms with E-state index in [2.05, 4.69) is 5.32 Å². The summed E-state index contributed by atoms with van der Waals surface area (Å²) in [6.07, 6.45) is -4.62. The van der Waals surface area contributed by atoms with Gasteiger partial charge in [-0.05, 0) is 38.1 Å². The molecule has 1 heterocycles. The molecule has 128 valence electrons. The van der Waals surface area contributed by atoms with E-state index in [9.17, 15) is 23.1 Å². The van der Waals surface area contributed by atoms with Gasteiger partial charge in [-0.15, -0.1) is 0 Å². The highest BCUT2D eigenvalue weighted by atomic mass is 19.4. The topological polar surface area (TPSA) is 61.8 Å². The summed E-state index contributed by atoms with van der Waals surface area (Å²) in [6, 6.07) is 4.14. The number of aliphatic hydroxyl groups is 1. The van der Waals surface area contributed by atoms with Gasteiger partial charge in [0.15, 0.2) is 0 Å². The summed E-state index contributed by atoms with van der Waals surface area (Å²) in [6.45, 7) is 3.99. The molecule has 1 aliphatic heterocycles. The minimum absolute atomic E-state index is 0.132. The highest BCUT2D eigenvalue weighted by molar-refractivity contribution is 5.75. The summed E-state index contributed by atoms with van der Waals surface area (Å²) in [5.41, 5.74) is -1.72. The zero-order chi connectivity index (χ0) is 17.3. The molecule has 0 radical (unpaired) electrons. The molecule has 0 bridgehead atoms. The van der Waals surface area contributed by atoms with Gasteiger partial charge in [0.05, 0.1) is 24.3 Å². The van der Waals surface area contributed by atoms with Gasteiger partial charge in [-0.1, -0.05) is 0 Å². The number of carbonyl (C=O) groups is 1. The van der Waals surface area contributed by atoms with Crippen molar-refractivity contribution in [3.8, 4) is 5.75 Å². The Labute approximate surface area is 132 Å². The smallest absolute Gasteiger partial charge is 0.416 e. The number of hydrogen-bond acceptors (Lipinski definition) is 3. The van der Waals surface area contributed by atoms with Gasteiger partial charge in [-0.25, -0.2) is 4.79 Å². The predicted octanol–water partition coefficient (Wildman–Crippen LogP) is 2.25. The number of rotatable bonds is 4. The van der Waals surface area contributed by atoms with Crippen molar-refractivity contribution < 1.29 is 27.8 Å². The van der Waals surface area contributed by atoms with E-state index < -0.39 is 17.3 Å². The molecular weight excluding hydrogens is 313 g/mol.